The zero-order valence-corrected chi connectivity index (χ0v) is 19.3. The number of hydrogen-bond donors (Lipinski definition) is 3. The molecule has 0 saturated heterocycles. The molecule has 3 aromatic rings. The van der Waals surface area contributed by atoms with E-state index in [9.17, 15) is 23.3 Å². The lowest BCUT2D eigenvalue weighted by Crippen LogP contribution is -2.16. The van der Waals surface area contributed by atoms with E-state index in [0.717, 1.165) is 6.07 Å². The predicted molar refractivity (Wildman–Crippen MR) is 127 cm³/mol. The van der Waals surface area contributed by atoms with Gasteiger partial charge in [0.2, 0.25) is 0 Å². The molecule has 0 heterocycles. The number of sulfonamides is 1. The van der Waals surface area contributed by atoms with Crippen LogP contribution in [0.15, 0.2) is 65.6 Å². The van der Waals surface area contributed by atoms with Gasteiger partial charge in [-0.05, 0) is 54.6 Å². The first-order chi connectivity index (χ1) is 16.2. The second-order valence-corrected chi connectivity index (χ2v) is 8.54. The number of carbonyl (C=O) groups is 1. The Labute approximate surface area is 195 Å². The van der Waals surface area contributed by atoms with Crippen molar-refractivity contribution in [1.82, 2.24) is 0 Å². The Balaban J connectivity index is 1.89. The first kappa shape index (κ1) is 24.3. The molecule has 3 rings (SSSR count). The predicted octanol–water partition coefficient (Wildman–Crippen LogP) is 3.71. The lowest BCUT2D eigenvalue weighted by molar-refractivity contribution is -0.384. The summed E-state index contributed by atoms with van der Waals surface area (Å²) in [5, 5.41) is 16.5. The quantitative estimate of drug-likeness (QED) is 0.306. The van der Waals surface area contributed by atoms with E-state index in [1.54, 1.807) is 12.1 Å². The van der Waals surface area contributed by atoms with Gasteiger partial charge in [0.05, 0.1) is 19.1 Å². The number of nitrogens with one attached hydrogen (secondary N) is 3. The van der Waals surface area contributed by atoms with Gasteiger partial charge in [-0.15, -0.1) is 0 Å². The van der Waals surface area contributed by atoms with E-state index in [4.69, 9.17) is 9.47 Å². The van der Waals surface area contributed by atoms with Gasteiger partial charge in [0.25, 0.3) is 21.6 Å². The van der Waals surface area contributed by atoms with E-state index in [2.05, 4.69) is 15.4 Å². The summed E-state index contributed by atoms with van der Waals surface area (Å²) in [6, 6.07) is 14.3. The van der Waals surface area contributed by atoms with Crippen LogP contribution in [-0.4, -0.2) is 40.5 Å². The topological polar surface area (TPSA) is 149 Å². The number of amides is 1. The molecule has 0 aliphatic heterocycles. The van der Waals surface area contributed by atoms with Crippen molar-refractivity contribution in [3.05, 3.63) is 76.3 Å². The number of carbonyl (C=O) groups excluding carboxylic acids is 1. The van der Waals surface area contributed by atoms with Crippen molar-refractivity contribution in [2.45, 2.75) is 4.90 Å². The van der Waals surface area contributed by atoms with Gasteiger partial charge < -0.3 is 20.1 Å². The van der Waals surface area contributed by atoms with Crippen molar-refractivity contribution in [3.8, 4) is 11.5 Å². The maximum Gasteiger partial charge on any atom is 0.293 e. The Bertz CT molecular complexity index is 1330. The molecular formula is C22H22N4O7S. The normalized spacial score (nSPS) is 10.8. The highest BCUT2D eigenvalue weighted by molar-refractivity contribution is 7.92. The van der Waals surface area contributed by atoms with Gasteiger partial charge >= 0.3 is 0 Å². The number of methoxy groups -OCH3 is 2. The van der Waals surface area contributed by atoms with Crippen molar-refractivity contribution in [2.75, 3.05) is 36.6 Å². The third-order valence-corrected chi connectivity index (χ3v) is 6.18. The molecule has 178 valence electrons. The maximum atomic E-state index is 13.0. The lowest BCUT2D eigenvalue weighted by Gasteiger charge is -2.14. The van der Waals surface area contributed by atoms with E-state index < -0.39 is 20.9 Å². The first-order valence-corrected chi connectivity index (χ1v) is 11.3. The van der Waals surface area contributed by atoms with Gasteiger partial charge in [-0.2, -0.15) is 0 Å². The molecule has 0 radical (unpaired) electrons. The Morgan fingerprint density at radius 1 is 0.941 bits per heavy atom. The van der Waals surface area contributed by atoms with Crippen LogP contribution in [0.2, 0.25) is 0 Å². The number of rotatable bonds is 9. The molecule has 1 amide bonds. The van der Waals surface area contributed by atoms with Gasteiger partial charge in [-0.3, -0.25) is 19.6 Å². The number of ether oxygens (including phenoxy) is 2. The smallest absolute Gasteiger partial charge is 0.293 e. The molecule has 3 N–H and O–H groups in total. The third-order valence-electron chi connectivity index (χ3n) is 4.78. The fraction of sp³-hybridized carbons (Fsp3) is 0.136. The Morgan fingerprint density at radius 3 is 2.21 bits per heavy atom. The highest BCUT2D eigenvalue weighted by Crippen LogP contribution is 2.30. The van der Waals surface area contributed by atoms with E-state index in [1.807, 2.05) is 0 Å². The highest BCUT2D eigenvalue weighted by Gasteiger charge is 2.22. The summed E-state index contributed by atoms with van der Waals surface area (Å²) in [6.45, 7) is 0. The SMILES string of the molecule is CNc1ccc(C(=O)Nc2ccc(OC)c(S(=O)(=O)Nc3ccc(OC)cc3)c2)cc1[N+](=O)[O-]. The maximum absolute atomic E-state index is 13.0. The van der Waals surface area contributed by atoms with Crippen LogP contribution >= 0.6 is 0 Å². The molecule has 0 aliphatic carbocycles. The number of nitro groups is 1. The number of nitrogens with zero attached hydrogens (tertiary/aromatic N) is 1. The zero-order valence-electron chi connectivity index (χ0n) is 18.5. The van der Waals surface area contributed by atoms with Gasteiger partial charge in [-0.25, -0.2) is 8.42 Å². The van der Waals surface area contributed by atoms with Gasteiger partial charge in [0.15, 0.2) is 0 Å². The highest BCUT2D eigenvalue weighted by atomic mass is 32.2. The average molecular weight is 487 g/mol. The molecular weight excluding hydrogens is 464 g/mol. The second kappa shape index (κ2) is 10.1. The minimum absolute atomic E-state index is 0.0299. The van der Waals surface area contributed by atoms with Gasteiger partial charge in [0, 0.05) is 30.1 Å². The van der Waals surface area contributed by atoms with Crippen molar-refractivity contribution in [3.63, 3.8) is 0 Å². The fourth-order valence-electron chi connectivity index (χ4n) is 3.07. The molecule has 0 saturated carbocycles. The summed E-state index contributed by atoms with van der Waals surface area (Å²) in [7, 11) is 0.258. The fourth-order valence-corrected chi connectivity index (χ4v) is 4.33. The number of anilines is 3. The number of nitro benzene ring substituents is 1. The number of benzene rings is 3. The third kappa shape index (κ3) is 5.35. The second-order valence-electron chi connectivity index (χ2n) is 6.89. The van der Waals surface area contributed by atoms with Crippen LogP contribution in [0.3, 0.4) is 0 Å². The molecule has 0 aromatic heterocycles. The van der Waals surface area contributed by atoms with Crippen molar-refractivity contribution in [1.29, 1.82) is 0 Å². The van der Waals surface area contributed by atoms with Crippen LogP contribution in [-0.2, 0) is 10.0 Å². The van der Waals surface area contributed by atoms with Crippen LogP contribution in [0, 0.1) is 10.1 Å². The summed E-state index contributed by atoms with van der Waals surface area (Å²) in [5.74, 6) is -0.0244. The van der Waals surface area contributed by atoms with E-state index in [1.165, 1.54) is 63.7 Å². The summed E-state index contributed by atoms with van der Waals surface area (Å²) < 4.78 is 38.7. The average Bonchev–Trinajstić information content (AvgIpc) is 2.83. The largest absolute Gasteiger partial charge is 0.497 e. The Hall–Kier alpha value is -4.32. The van der Waals surface area contributed by atoms with Crippen molar-refractivity contribution < 1.29 is 27.6 Å². The summed E-state index contributed by atoms with van der Waals surface area (Å²) in [6.07, 6.45) is 0. The molecule has 0 unspecified atom stereocenters. The van der Waals surface area contributed by atoms with E-state index in [0.29, 0.717) is 11.4 Å². The minimum Gasteiger partial charge on any atom is -0.497 e. The minimum atomic E-state index is -4.09. The van der Waals surface area contributed by atoms with Crippen molar-refractivity contribution in [2.24, 2.45) is 0 Å². The van der Waals surface area contributed by atoms with Gasteiger partial charge in [0.1, 0.15) is 22.1 Å². The van der Waals surface area contributed by atoms with E-state index in [-0.39, 0.29) is 33.3 Å². The number of hydrogen-bond acceptors (Lipinski definition) is 8. The molecule has 0 fully saturated rings. The van der Waals surface area contributed by atoms with Crippen LogP contribution < -0.4 is 24.8 Å². The zero-order chi connectivity index (χ0) is 24.9. The molecule has 0 atom stereocenters. The van der Waals surface area contributed by atoms with E-state index >= 15 is 0 Å². The molecule has 0 bridgehead atoms. The summed E-state index contributed by atoms with van der Waals surface area (Å²) in [5.41, 5.74) is 0.471. The summed E-state index contributed by atoms with van der Waals surface area (Å²) in [4.78, 5) is 23.1. The molecule has 0 aliphatic rings. The lowest BCUT2D eigenvalue weighted by atomic mass is 10.1. The molecule has 34 heavy (non-hydrogen) atoms. The Morgan fingerprint density at radius 2 is 1.62 bits per heavy atom. The molecule has 0 spiro atoms. The van der Waals surface area contributed by atoms with Crippen LogP contribution in [0.5, 0.6) is 11.5 Å². The molecule has 3 aromatic carbocycles. The van der Waals surface area contributed by atoms with Crippen LogP contribution in [0.1, 0.15) is 10.4 Å². The Kier molecular flexibility index (Phi) is 7.21. The van der Waals surface area contributed by atoms with Gasteiger partial charge in [-0.1, -0.05) is 0 Å². The van der Waals surface area contributed by atoms with Crippen LogP contribution in [0.25, 0.3) is 0 Å². The first-order valence-electron chi connectivity index (χ1n) is 9.81. The summed E-state index contributed by atoms with van der Waals surface area (Å²) >= 11 is 0. The van der Waals surface area contributed by atoms with Crippen molar-refractivity contribution >= 4 is 38.7 Å². The van der Waals surface area contributed by atoms with Crippen LogP contribution in [0.4, 0.5) is 22.7 Å². The monoisotopic (exact) mass is 486 g/mol. The molecule has 12 heteroatoms. The standard InChI is InChI=1S/C22H22N4O7S/c1-23-18-10-4-14(12-19(18)26(28)29)22(27)24-16-7-11-20(33-3)21(13-16)34(30,31)25-15-5-8-17(32-2)9-6-15/h4-13,23,25H,1-3H3,(H,24,27). The molecule has 11 nitrogen and oxygen atoms in total.